The van der Waals surface area contributed by atoms with Crippen molar-refractivity contribution >= 4 is 15.9 Å². The van der Waals surface area contributed by atoms with Gasteiger partial charge in [0.1, 0.15) is 11.6 Å². The van der Waals surface area contributed by atoms with Gasteiger partial charge in [-0.3, -0.25) is 4.98 Å². The molecular weight excluding hydrogens is 338 g/mol. The van der Waals surface area contributed by atoms with Crippen molar-refractivity contribution in [3.8, 4) is 0 Å². The molecule has 0 aliphatic rings. The molecule has 1 atom stereocenters. The molecule has 0 amide bonds. The lowest BCUT2D eigenvalue weighted by Crippen LogP contribution is -2.25. The molecule has 0 saturated heterocycles. The molecule has 2 rings (SSSR count). The van der Waals surface area contributed by atoms with E-state index in [9.17, 15) is 8.78 Å². The van der Waals surface area contributed by atoms with Crippen LogP contribution in [0.2, 0.25) is 0 Å². The number of pyridine rings is 1. The minimum absolute atomic E-state index is 0.0800. The van der Waals surface area contributed by atoms with Gasteiger partial charge in [0, 0.05) is 4.47 Å². The summed E-state index contributed by atoms with van der Waals surface area (Å²) in [6, 6.07) is 7.59. The molecule has 0 radical (unpaired) electrons. The number of nitrogens with zero attached hydrogens (tertiary/aromatic N) is 1. The second-order valence-corrected chi connectivity index (χ2v) is 5.70. The van der Waals surface area contributed by atoms with Crippen LogP contribution in [0.25, 0.3) is 0 Å². The Morgan fingerprint density at radius 1 is 1.19 bits per heavy atom. The van der Waals surface area contributed by atoms with Crippen LogP contribution < -0.4 is 5.32 Å². The van der Waals surface area contributed by atoms with E-state index in [1.807, 2.05) is 0 Å². The molecule has 0 aliphatic carbocycles. The largest absolute Gasteiger partial charge is 0.308 e. The molecule has 0 spiro atoms. The molecule has 0 fully saturated rings. The predicted octanol–water partition coefficient (Wildman–Crippen LogP) is 4.41. The van der Waals surface area contributed by atoms with Gasteiger partial charge in [-0.05, 0) is 55.3 Å². The zero-order valence-electron chi connectivity index (χ0n) is 11.7. The van der Waals surface area contributed by atoms with E-state index < -0.39 is 0 Å². The zero-order chi connectivity index (χ0) is 15.2. The van der Waals surface area contributed by atoms with Gasteiger partial charge < -0.3 is 5.32 Å². The second kappa shape index (κ2) is 7.61. The fraction of sp³-hybridized carbons (Fsp3) is 0.312. The van der Waals surface area contributed by atoms with E-state index in [0.29, 0.717) is 6.42 Å². The van der Waals surface area contributed by atoms with Crippen LogP contribution in [0.3, 0.4) is 0 Å². The number of rotatable bonds is 6. The lowest BCUT2D eigenvalue weighted by atomic mass is 10.0. The van der Waals surface area contributed by atoms with E-state index in [4.69, 9.17) is 0 Å². The highest BCUT2D eigenvalue weighted by molar-refractivity contribution is 9.10. The molecule has 1 heterocycles. The molecule has 5 heteroatoms. The van der Waals surface area contributed by atoms with E-state index in [1.165, 1.54) is 24.4 Å². The van der Waals surface area contributed by atoms with E-state index in [-0.39, 0.29) is 17.7 Å². The Morgan fingerprint density at radius 2 is 1.95 bits per heavy atom. The van der Waals surface area contributed by atoms with Gasteiger partial charge in [-0.1, -0.05) is 22.9 Å². The fourth-order valence-electron chi connectivity index (χ4n) is 2.11. The summed E-state index contributed by atoms with van der Waals surface area (Å²) in [4.78, 5) is 4.13. The Balaban J connectivity index is 2.23. The Kier molecular flexibility index (Phi) is 5.82. The topological polar surface area (TPSA) is 24.9 Å². The molecule has 1 aromatic heterocycles. The van der Waals surface area contributed by atoms with Gasteiger partial charge in [-0.2, -0.15) is 0 Å². The molecule has 0 aliphatic heterocycles. The molecule has 21 heavy (non-hydrogen) atoms. The standard InChI is InChI=1S/C16H17BrF2N2/c1-2-7-20-16(15-6-4-13(19)10-21-15)9-11-8-12(18)3-5-14(11)17/h3-6,8,10,16,20H,2,7,9H2,1H3. The molecule has 2 aromatic rings. The summed E-state index contributed by atoms with van der Waals surface area (Å²) in [5.41, 5.74) is 1.61. The molecular formula is C16H17BrF2N2. The quantitative estimate of drug-likeness (QED) is 0.831. The van der Waals surface area contributed by atoms with Crippen LogP contribution in [0, 0.1) is 11.6 Å². The molecule has 2 nitrogen and oxygen atoms in total. The van der Waals surface area contributed by atoms with Crippen LogP contribution in [0.15, 0.2) is 41.0 Å². The molecule has 1 aromatic carbocycles. The molecule has 0 saturated carbocycles. The average Bonchev–Trinajstić information content (AvgIpc) is 2.48. The predicted molar refractivity (Wildman–Crippen MR) is 83.0 cm³/mol. The highest BCUT2D eigenvalue weighted by Gasteiger charge is 2.15. The number of benzene rings is 1. The van der Waals surface area contributed by atoms with Gasteiger partial charge in [-0.15, -0.1) is 0 Å². The summed E-state index contributed by atoms with van der Waals surface area (Å²) in [7, 11) is 0. The maximum Gasteiger partial charge on any atom is 0.141 e. The average molecular weight is 355 g/mol. The zero-order valence-corrected chi connectivity index (χ0v) is 13.3. The highest BCUT2D eigenvalue weighted by atomic mass is 79.9. The van der Waals surface area contributed by atoms with E-state index in [1.54, 1.807) is 12.1 Å². The third kappa shape index (κ3) is 4.58. The Bertz CT molecular complexity index is 587. The van der Waals surface area contributed by atoms with Crippen molar-refractivity contribution in [2.45, 2.75) is 25.8 Å². The number of nitrogens with one attached hydrogen (secondary N) is 1. The summed E-state index contributed by atoms with van der Waals surface area (Å²) in [6.45, 7) is 2.89. The van der Waals surface area contributed by atoms with Crippen LogP contribution in [-0.4, -0.2) is 11.5 Å². The molecule has 1 N–H and O–H groups in total. The van der Waals surface area contributed by atoms with Gasteiger partial charge in [-0.25, -0.2) is 8.78 Å². The van der Waals surface area contributed by atoms with Gasteiger partial charge in [0.2, 0.25) is 0 Å². The Morgan fingerprint density at radius 3 is 2.62 bits per heavy atom. The second-order valence-electron chi connectivity index (χ2n) is 4.85. The minimum atomic E-state index is -0.361. The highest BCUT2D eigenvalue weighted by Crippen LogP contribution is 2.24. The van der Waals surface area contributed by atoms with Crippen LogP contribution in [-0.2, 0) is 6.42 Å². The van der Waals surface area contributed by atoms with Crippen molar-refractivity contribution in [1.82, 2.24) is 10.3 Å². The normalized spacial score (nSPS) is 12.4. The van der Waals surface area contributed by atoms with Crippen molar-refractivity contribution in [2.75, 3.05) is 6.54 Å². The molecule has 112 valence electrons. The van der Waals surface area contributed by atoms with Crippen molar-refractivity contribution in [1.29, 1.82) is 0 Å². The summed E-state index contributed by atoms with van der Waals surface area (Å²) < 4.78 is 27.3. The maximum absolute atomic E-state index is 13.4. The minimum Gasteiger partial charge on any atom is -0.308 e. The van der Waals surface area contributed by atoms with Crippen molar-refractivity contribution in [3.05, 3.63) is 63.9 Å². The van der Waals surface area contributed by atoms with Crippen LogP contribution in [0.5, 0.6) is 0 Å². The van der Waals surface area contributed by atoms with Gasteiger partial charge in [0.25, 0.3) is 0 Å². The SMILES string of the molecule is CCCNC(Cc1cc(F)ccc1Br)c1ccc(F)cn1. The van der Waals surface area contributed by atoms with E-state index in [0.717, 1.165) is 28.7 Å². The van der Waals surface area contributed by atoms with Gasteiger partial charge >= 0.3 is 0 Å². The summed E-state index contributed by atoms with van der Waals surface area (Å²) in [5.74, 6) is -0.630. The monoisotopic (exact) mass is 354 g/mol. The third-order valence-corrected chi connectivity index (χ3v) is 3.95. The number of hydrogen-bond acceptors (Lipinski definition) is 2. The van der Waals surface area contributed by atoms with Crippen molar-refractivity contribution in [3.63, 3.8) is 0 Å². The first kappa shape index (κ1) is 16.0. The lowest BCUT2D eigenvalue weighted by Gasteiger charge is -2.19. The summed E-state index contributed by atoms with van der Waals surface area (Å²) in [6.07, 6.45) is 2.76. The van der Waals surface area contributed by atoms with Crippen LogP contribution >= 0.6 is 15.9 Å². The fourth-order valence-corrected chi connectivity index (χ4v) is 2.52. The smallest absolute Gasteiger partial charge is 0.141 e. The van der Waals surface area contributed by atoms with E-state index in [2.05, 4.69) is 33.2 Å². The Hall–Kier alpha value is -1.33. The molecule has 0 bridgehead atoms. The first-order valence-corrected chi connectivity index (χ1v) is 7.68. The third-order valence-electron chi connectivity index (χ3n) is 3.18. The lowest BCUT2D eigenvalue weighted by molar-refractivity contribution is 0.512. The number of halogens is 3. The van der Waals surface area contributed by atoms with Crippen molar-refractivity contribution in [2.24, 2.45) is 0 Å². The van der Waals surface area contributed by atoms with Crippen molar-refractivity contribution < 1.29 is 8.78 Å². The number of hydrogen-bond donors (Lipinski definition) is 1. The van der Waals surface area contributed by atoms with Crippen LogP contribution in [0.4, 0.5) is 8.78 Å². The first-order chi connectivity index (χ1) is 10.1. The van der Waals surface area contributed by atoms with Gasteiger partial charge in [0.05, 0.1) is 17.9 Å². The summed E-state index contributed by atoms with van der Waals surface area (Å²) in [5, 5.41) is 3.37. The van der Waals surface area contributed by atoms with Gasteiger partial charge in [0.15, 0.2) is 0 Å². The van der Waals surface area contributed by atoms with E-state index >= 15 is 0 Å². The van der Waals surface area contributed by atoms with Crippen LogP contribution in [0.1, 0.15) is 30.6 Å². The number of aromatic nitrogens is 1. The first-order valence-electron chi connectivity index (χ1n) is 6.89. The summed E-state index contributed by atoms with van der Waals surface area (Å²) >= 11 is 3.44. The molecule has 1 unspecified atom stereocenters. The maximum atomic E-state index is 13.4. The Labute approximate surface area is 131 Å².